The highest BCUT2D eigenvalue weighted by molar-refractivity contribution is 7.98. The van der Waals surface area contributed by atoms with Gasteiger partial charge in [-0.1, -0.05) is 17.7 Å². The second-order valence-corrected chi connectivity index (χ2v) is 4.83. The number of anilines is 1. The zero-order chi connectivity index (χ0) is 12.9. The molecule has 0 saturated heterocycles. The van der Waals surface area contributed by atoms with E-state index in [4.69, 9.17) is 11.6 Å². The summed E-state index contributed by atoms with van der Waals surface area (Å²) in [6.07, 6.45) is -1.63. The number of nitrogens with one attached hydrogen (secondary N) is 1. The van der Waals surface area contributed by atoms with Crippen molar-refractivity contribution in [2.45, 2.75) is 12.6 Å². The van der Waals surface area contributed by atoms with Crippen LogP contribution in [0.15, 0.2) is 18.2 Å². The van der Waals surface area contributed by atoms with E-state index < -0.39 is 11.7 Å². The lowest BCUT2D eigenvalue weighted by atomic mass is 10.1. The summed E-state index contributed by atoms with van der Waals surface area (Å²) in [7, 11) is 0. The van der Waals surface area contributed by atoms with Gasteiger partial charge in [0, 0.05) is 6.54 Å². The van der Waals surface area contributed by atoms with Gasteiger partial charge >= 0.3 is 6.18 Å². The van der Waals surface area contributed by atoms with E-state index in [1.165, 1.54) is 12.1 Å². The number of thioether (sulfide) groups is 1. The smallest absolute Gasteiger partial charge is 0.383 e. The van der Waals surface area contributed by atoms with Crippen LogP contribution in [0.3, 0.4) is 0 Å². The summed E-state index contributed by atoms with van der Waals surface area (Å²) < 4.78 is 38.1. The summed E-state index contributed by atoms with van der Waals surface area (Å²) in [4.78, 5) is 0. The molecule has 0 aliphatic carbocycles. The fourth-order valence-corrected chi connectivity index (χ4v) is 2.04. The minimum Gasteiger partial charge on any atom is -0.383 e. The summed E-state index contributed by atoms with van der Waals surface area (Å²) in [5.74, 6) is 0.902. The van der Waals surface area contributed by atoms with Crippen molar-refractivity contribution in [3.8, 4) is 0 Å². The first-order valence-electron chi connectivity index (χ1n) is 5.05. The molecule has 0 unspecified atom stereocenters. The zero-order valence-electron chi connectivity index (χ0n) is 9.27. The van der Waals surface area contributed by atoms with Crippen molar-refractivity contribution in [3.63, 3.8) is 0 Å². The van der Waals surface area contributed by atoms with Crippen molar-refractivity contribution >= 4 is 29.1 Å². The maximum Gasteiger partial charge on any atom is 0.418 e. The first kappa shape index (κ1) is 14.5. The van der Waals surface area contributed by atoms with Gasteiger partial charge in [0.05, 0.1) is 16.3 Å². The van der Waals surface area contributed by atoms with E-state index in [9.17, 15) is 13.2 Å². The van der Waals surface area contributed by atoms with Gasteiger partial charge in [-0.3, -0.25) is 0 Å². The van der Waals surface area contributed by atoms with Crippen molar-refractivity contribution < 1.29 is 13.2 Å². The van der Waals surface area contributed by atoms with Crippen LogP contribution in [0.4, 0.5) is 18.9 Å². The molecule has 1 aromatic carbocycles. The Balaban J connectivity index is 2.81. The average Bonchev–Trinajstić information content (AvgIpc) is 2.24. The number of hydrogen-bond donors (Lipinski definition) is 1. The van der Waals surface area contributed by atoms with Gasteiger partial charge in [-0.2, -0.15) is 24.9 Å². The fourth-order valence-electron chi connectivity index (χ4n) is 1.37. The maximum absolute atomic E-state index is 12.7. The average molecular weight is 284 g/mol. The molecule has 0 fully saturated rings. The van der Waals surface area contributed by atoms with Crippen molar-refractivity contribution in [1.29, 1.82) is 0 Å². The van der Waals surface area contributed by atoms with Gasteiger partial charge in [0.25, 0.3) is 0 Å². The molecule has 1 aromatic rings. The van der Waals surface area contributed by atoms with E-state index in [1.807, 2.05) is 6.26 Å². The molecular formula is C11H13ClF3NS. The predicted octanol–water partition coefficient (Wildman–Crippen LogP) is 4.52. The molecule has 0 aromatic heterocycles. The Morgan fingerprint density at radius 2 is 2.06 bits per heavy atom. The highest BCUT2D eigenvalue weighted by atomic mass is 35.5. The first-order valence-corrected chi connectivity index (χ1v) is 6.82. The molecular weight excluding hydrogens is 271 g/mol. The first-order chi connectivity index (χ1) is 7.96. The van der Waals surface area contributed by atoms with Crippen LogP contribution in [0.25, 0.3) is 0 Å². The molecule has 96 valence electrons. The van der Waals surface area contributed by atoms with Crippen LogP contribution < -0.4 is 5.32 Å². The topological polar surface area (TPSA) is 12.0 Å². The minimum absolute atomic E-state index is 0.0252. The Hall–Kier alpha value is -0.550. The molecule has 1 N–H and O–H groups in total. The number of halogens is 4. The molecule has 0 saturated carbocycles. The molecule has 0 aliphatic rings. The fraction of sp³-hybridized carbons (Fsp3) is 0.455. The Kier molecular flexibility index (Phi) is 5.46. The quantitative estimate of drug-likeness (QED) is 0.797. The molecule has 17 heavy (non-hydrogen) atoms. The third-order valence-corrected chi connectivity index (χ3v) is 3.16. The summed E-state index contributed by atoms with van der Waals surface area (Å²) in [5, 5.41) is 2.86. The van der Waals surface area contributed by atoms with Gasteiger partial charge < -0.3 is 5.32 Å². The van der Waals surface area contributed by atoms with Gasteiger partial charge in [0.1, 0.15) is 0 Å². The zero-order valence-corrected chi connectivity index (χ0v) is 10.8. The van der Waals surface area contributed by atoms with Crippen LogP contribution in [-0.4, -0.2) is 18.6 Å². The number of alkyl halides is 3. The lowest BCUT2D eigenvalue weighted by Crippen LogP contribution is -2.12. The maximum atomic E-state index is 12.7. The highest BCUT2D eigenvalue weighted by Gasteiger charge is 2.34. The van der Waals surface area contributed by atoms with Gasteiger partial charge in [0.2, 0.25) is 0 Å². The van der Waals surface area contributed by atoms with Crippen LogP contribution in [-0.2, 0) is 6.18 Å². The number of benzene rings is 1. The van der Waals surface area contributed by atoms with E-state index in [-0.39, 0.29) is 10.7 Å². The summed E-state index contributed by atoms with van der Waals surface area (Å²) in [5.41, 5.74) is -0.739. The Morgan fingerprint density at radius 1 is 1.35 bits per heavy atom. The molecule has 6 heteroatoms. The standard InChI is InChI=1S/C11H13ClF3NS/c1-17-7-3-6-16-10-8(11(13,14)15)4-2-5-9(10)12/h2,4-5,16H,3,6-7H2,1H3. The Labute approximate surface area is 108 Å². The number of rotatable bonds is 5. The highest BCUT2D eigenvalue weighted by Crippen LogP contribution is 2.38. The Morgan fingerprint density at radius 3 is 2.65 bits per heavy atom. The molecule has 0 radical (unpaired) electrons. The number of para-hydroxylation sites is 1. The van der Waals surface area contributed by atoms with Crippen LogP contribution in [0.1, 0.15) is 12.0 Å². The van der Waals surface area contributed by atoms with Gasteiger partial charge in [-0.25, -0.2) is 0 Å². The molecule has 0 spiro atoms. The van der Waals surface area contributed by atoms with Crippen LogP contribution >= 0.6 is 23.4 Å². The summed E-state index contributed by atoms with van der Waals surface area (Å²) in [6.45, 7) is 0.480. The van der Waals surface area contributed by atoms with Crippen molar-refractivity contribution in [2.24, 2.45) is 0 Å². The van der Waals surface area contributed by atoms with E-state index in [0.29, 0.717) is 6.54 Å². The van der Waals surface area contributed by atoms with Crippen LogP contribution in [0.2, 0.25) is 5.02 Å². The molecule has 0 aliphatic heterocycles. The SMILES string of the molecule is CSCCCNc1c(Cl)cccc1C(F)(F)F. The lowest BCUT2D eigenvalue weighted by molar-refractivity contribution is -0.136. The van der Waals surface area contributed by atoms with Gasteiger partial charge in [-0.15, -0.1) is 0 Å². The molecule has 1 rings (SSSR count). The Bertz CT molecular complexity index is 368. The molecule has 0 heterocycles. The second kappa shape index (κ2) is 6.40. The minimum atomic E-state index is -4.38. The van der Waals surface area contributed by atoms with Crippen molar-refractivity contribution in [2.75, 3.05) is 23.9 Å². The third-order valence-electron chi connectivity index (χ3n) is 2.15. The van der Waals surface area contributed by atoms with E-state index in [0.717, 1.165) is 18.2 Å². The summed E-state index contributed by atoms with van der Waals surface area (Å²) in [6, 6.07) is 3.79. The molecule has 1 nitrogen and oxygen atoms in total. The largest absolute Gasteiger partial charge is 0.418 e. The normalized spacial score (nSPS) is 11.6. The monoisotopic (exact) mass is 283 g/mol. The van der Waals surface area contributed by atoms with Crippen molar-refractivity contribution in [3.05, 3.63) is 28.8 Å². The number of hydrogen-bond acceptors (Lipinski definition) is 2. The van der Waals surface area contributed by atoms with E-state index >= 15 is 0 Å². The molecule has 0 atom stereocenters. The van der Waals surface area contributed by atoms with Crippen LogP contribution in [0.5, 0.6) is 0 Å². The van der Waals surface area contributed by atoms with Crippen molar-refractivity contribution in [1.82, 2.24) is 0 Å². The van der Waals surface area contributed by atoms with Gasteiger partial charge in [-0.05, 0) is 30.6 Å². The predicted molar refractivity (Wildman–Crippen MR) is 67.9 cm³/mol. The second-order valence-electron chi connectivity index (χ2n) is 3.43. The van der Waals surface area contributed by atoms with Gasteiger partial charge in [0.15, 0.2) is 0 Å². The van der Waals surface area contributed by atoms with E-state index in [1.54, 1.807) is 11.8 Å². The third kappa shape index (κ3) is 4.32. The summed E-state index contributed by atoms with van der Waals surface area (Å²) >= 11 is 7.44. The lowest BCUT2D eigenvalue weighted by Gasteiger charge is -2.15. The van der Waals surface area contributed by atoms with Crippen LogP contribution in [0, 0.1) is 0 Å². The van der Waals surface area contributed by atoms with E-state index in [2.05, 4.69) is 5.32 Å². The molecule has 0 amide bonds. The molecule has 0 bridgehead atoms.